The van der Waals surface area contributed by atoms with Crippen LogP contribution in [0.5, 0.6) is 0 Å². The molecule has 0 saturated carbocycles. The van der Waals surface area contributed by atoms with Crippen LogP contribution in [0.15, 0.2) is 46.2 Å². The first kappa shape index (κ1) is 23.1. The summed E-state index contributed by atoms with van der Waals surface area (Å²) in [6, 6.07) is 9.32. The topological polar surface area (TPSA) is 92.8 Å². The largest absolute Gasteiger partial charge is 0.465 e. The first-order valence-electron chi connectivity index (χ1n) is 9.96. The standard InChI is InChI=1S/C22H26N2O5S2/c1-15-17(22(26)29-2)8-7-9-19(15)23-31(27,28)16-10-11-20(30-3)18(14-16)21(25)24-12-5-4-6-13-24/h7-11,14,23H,4-6,12-13H2,1-3H3. The number of likely N-dealkylation sites (tertiary alicyclic amines) is 1. The van der Waals surface area contributed by atoms with Crippen LogP contribution in [0.2, 0.25) is 0 Å². The Morgan fingerprint density at radius 3 is 2.42 bits per heavy atom. The predicted octanol–water partition coefficient (Wildman–Crippen LogP) is 3.93. The number of thioether (sulfide) groups is 1. The Bertz CT molecular complexity index is 1090. The molecule has 0 spiro atoms. The average molecular weight is 463 g/mol. The van der Waals surface area contributed by atoms with Gasteiger partial charge in [-0.25, -0.2) is 13.2 Å². The number of sulfonamides is 1. The number of esters is 1. The number of nitrogens with zero attached hydrogens (tertiary/aromatic N) is 1. The first-order valence-corrected chi connectivity index (χ1v) is 12.7. The number of nitrogens with one attached hydrogen (secondary N) is 1. The highest BCUT2D eigenvalue weighted by Gasteiger charge is 2.24. The maximum Gasteiger partial charge on any atom is 0.338 e. The smallest absolute Gasteiger partial charge is 0.338 e. The maximum absolute atomic E-state index is 13.1. The molecule has 9 heteroatoms. The van der Waals surface area contributed by atoms with E-state index in [2.05, 4.69) is 4.72 Å². The number of rotatable bonds is 6. The first-order chi connectivity index (χ1) is 14.8. The Kier molecular flexibility index (Phi) is 7.27. The molecule has 166 valence electrons. The van der Waals surface area contributed by atoms with Crippen LogP contribution in [0.3, 0.4) is 0 Å². The summed E-state index contributed by atoms with van der Waals surface area (Å²) in [6.45, 7) is 3.01. The van der Waals surface area contributed by atoms with Crippen molar-refractivity contribution in [1.29, 1.82) is 0 Å². The minimum absolute atomic E-state index is 0.00599. The number of carbonyl (C=O) groups excluding carboxylic acids is 2. The molecule has 3 rings (SSSR count). The van der Waals surface area contributed by atoms with Crippen LogP contribution in [0.1, 0.15) is 45.5 Å². The van der Waals surface area contributed by atoms with Crippen molar-refractivity contribution >= 4 is 39.3 Å². The highest BCUT2D eigenvalue weighted by Crippen LogP contribution is 2.28. The van der Waals surface area contributed by atoms with Crippen molar-refractivity contribution in [2.24, 2.45) is 0 Å². The second-order valence-electron chi connectivity index (χ2n) is 7.29. The summed E-state index contributed by atoms with van der Waals surface area (Å²) >= 11 is 1.41. The molecule has 1 heterocycles. The molecule has 1 aliphatic rings. The van der Waals surface area contributed by atoms with Crippen molar-refractivity contribution in [1.82, 2.24) is 4.90 Å². The van der Waals surface area contributed by atoms with Crippen LogP contribution in [0.4, 0.5) is 5.69 Å². The number of hydrogen-bond acceptors (Lipinski definition) is 6. The molecule has 1 aliphatic heterocycles. The van der Waals surface area contributed by atoms with Crippen LogP contribution < -0.4 is 4.72 Å². The lowest BCUT2D eigenvalue weighted by Crippen LogP contribution is -2.36. The molecule has 0 aliphatic carbocycles. The lowest BCUT2D eigenvalue weighted by atomic mass is 10.1. The quantitative estimate of drug-likeness (QED) is 0.517. The van der Waals surface area contributed by atoms with Crippen molar-refractivity contribution in [2.75, 3.05) is 31.2 Å². The molecule has 0 bridgehead atoms. The summed E-state index contributed by atoms with van der Waals surface area (Å²) < 4.78 is 33.5. The normalized spacial score (nSPS) is 14.2. The fourth-order valence-corrected chi connectivity index (χ4v) is 5.29. The van der Waals surface area contributed by atoms with Crippen molar-refractivity contribution < 1.29 is 22.7 Å². The van der Waals surface area contributed by atoms with Gasteiger partial charge in [-0.1, -0.05) is 6.07 Å². The van der Waals surface area contributed by atoms with E-state index in [1.54, 1.807) is 36.1 Å². The van der Waals surface area contributed by atoms with Crippen molar-refractivity contribution in [3.05, 3.63) is 53.1 Å². The number of ether oxygens (including phenoxy) is 1. The molecule has 2 aromatic carbocycles. The van der Waals surface area contributed by atoms with E-state index in [1.807, 2.05) is 6.26 Å². The van der Waals surface area contributed by atoms with Gasteiger partial charge in [-0.3, -0.25) is 9.52 Å². The summed E-state index contributed by atoms with van der Waals surface area (Å²) in [5, 5.41) is 0. The van der Waals surface area contributed by atoms with Crippen molar-refractivity contribution in [3.8, 4) is 0 Å². The van der Waals surface area contributed by atoms with E-state index in [-0.39, 0.29) is 22.1 Å². The second-order valence-corrected chi connectivity index (χ2v) is 9.82. The van der Waals surface area contributed by atoms with E-state index in [0.29, 0.717) is 24.2 Å². The Balaban J connectivity index is 1.95. The van der Waals surface area contributed by atoms with Gasteiger partial charge in [-0.05, 0) is 68.3 Å². The van der Waals surface area contributed by atoms with E-state index in [4.69, 9.17) is 4.74 Å². The monoisotopic (exact) mass is 462 g/mol. The highest BCUT2D eigenvalue weighted by atomic mass is 32.2. The average Bonchev–Trinajstić information content (AvgIpc) is 2.79. The van der Waals surface area contributed by atoms with Crippen LogP contribution in [0, 0.1) is 6.92 Å². The molecule has 1 amide bonds. The minimum Gasteiger partial charge on any atom is -0.465 e. The predicted molar refractivity (Wildman–Crippen MR) is 121 cm³/mol. The summed E-state index contributed by atoms with van der Waals surface area (Å²) in [5.41, 5.74) is 1.41. The molecular formula is C22H26N2O5S2. The third-order valence-corrected chi connectivity index (χ3v) is 7.50. The van der Waals surface area contributed by atoms with Crippen LogP contribution in [-0.4, -0.2) is 51.6 Å². The van der Waals surface area contributed by atoms with E-state index in [0.717, 1.165) is 24.2 Å². The Hall–Kier alpha value is -2.52. The van der Waals surface area contributed by atoms with E-state index in [9.17, 15) is 18.0 Å². The van der Waals surface area contributed by atoms with Gasteiger partial charge in [0.25, 0.3) is 15.9 Å². The second kappa shape index (κ2) is 9.74. The lowest BCUT2D eigenvalue weighted by Gasteiger charge is -2.27. The molecule has 7 nitrogen and oxygen atoms in total. The van der Waals surface area contributed by atoms with Crippen LogP contribution in [0.25, 0.3) is 0 Å². The molecule has 0 atom stereocenters. The van der Waals surface area contributed by atoms with Gasteiger partial charge in [-0.15, -0.1) is 11.8 Å². The van der Waals surface area contributed by atoms with Crippen molar-refractivity contribution in [3.63, 3.8) is 0 Å². The summed E-state index contributed by atoms with van der Waals surface area (Å²) in [5.74, 6) is -0.692. The third kappa shape index (κ3) is 5.04. The van der Waals surface area contributed by atoms with Gasteiger partial charge in [0.2, 0.25) is 0 Å². The fourth-order valence-electron chi connectivity index (χ4n) is 3.57. The van der Waals surface area contributed by atoms with Gasteiger partial charge in [0.1, 0.15) is 0 Å². The molecule has 2 aromatic rings. The number of anilines is 1. The van der Waals surface area contributed by atoms with Crippen molar-refractivity contribution in [2.45, 2.75) is 36.0 Å². The highest BCUT2D eigenvalue weighted by molar-refractivity contribution is 7.98. The SMILES string of the molecule is COC(=O)c1cccc(NS(=O)(=O)c2ccc(SC)c(C(=O)N3CCCCC3)c2)c1C. The molecule has 0 aromatic heterocycles. The van der Waals surface area contributed by atoms with Gasteiger partial charge in [0.15, 0.2) is 0 Å². The number of methoxy groups -OCH3 is 1. The summed E-state index contributed by atoms with van der Waals surface area (Å²) in [7, 11) is -2.71. The van der Waals surface area contributed by atoms with E-state index in [1.165, 1.54) is 31.0 Å². The van der Waals surface area contributed by atoms with Gasteiger partial charge in [0, 0.05) is 18.0 Å². The van der Waals surface area contributed by atoms with Gasteiger partial charge >= 0.3 is 5.97 Å². The fraction of sp³-hybridized carbons (Fsp3) is 0.364. The third-order valence-electron chi connectivity index (χ3n) is 5.34. The van der Waals surface area contributed by atoms with Crippen LogP contribution >= 0.6 is 11.8 Å². The van der Waals surface area contributed by atoms with Crippen LogP contribution in [-0.2, 0) is 14.8 Å². The van der Waals surface area contributed by atoms with Gasteiger partial charge in [-0.2, -0.15) is 0 Å². The number of carbonyl (C=O) groups is 2. The zero-order chi connectivity index (χ0) is 22.6. The Morgan fingerprint density at radius 2 is 1.77 bits per heavy atom. The lowest BCUT2D eigenvalue weighted by molar-refractivity contribution is 0.0599. The molecular weight excluding hydrogens is 436 g/mol. The molecule has 1 N–H and O–H groups in total. The van der Waals surface area contributed by atoms with Gasteiger partial charge in [0.05, 0.1) is 28.8 Å². The molecule has 1 saturated heterocycles. The summed E-state index contributed by atoms with van der Waals surface area (Å²) in [4.78, 5) is 27.5. The number of hydrogen-bond donors (Lipinski definition) is 1. The van der Waals surface area contributed by atoms with Gasteiger partial charge < -0.3 is 9.64 Å². The minimum atomic E-state index is -3.98. The number of amides is 1. The molecule has 0 radical (unpaired) electrons. The van der Waals surface area contributed by atoms with E-state index >= 15 is 0 Å². The zero-order valence-corrected chi connectivity index (χ0v) is 19.4. The molecule has 1 fully saturated rings. The maximum atomic E-state index is 13.1. The number of benzene rings is 2. The number of piperidine rings is 1. The molecule has 31 heavy (non-hydrogen) atoms. The zero-order valence-electron chi connectivity index (χ0n) is 17.8. The molecule has 0 unspecified atom stereocenters. The van der Waals surface area contributed by atoms with E-state index < -0.39 is 16.0 Å². The Labute approximate surface area is 187 Å². The summed E-state index contributed by atoms with van der Waals surface area (Å²) in [6.07, 6.45) is 4.86. The Morgan fingerprint density at radius 1 is 1.06 bits per heavy atom.